The van der Waals surface area contributed by atoms with Crippen LogP contribution in [0.4, 0.5) is 26.3 Å². The molecule has 12 heteroatoms. The van der Waals surface area contributed by atoms with E-state index in [4.69, 9.17) is 5.11 Å². The van der Waals surface area contributed by atoms with Gasteiger partial charge in [-0.05, 0) is 24.3 Å². The van der Waals surface area contributed by atoms with Crippen LogP contribution >= 0.6 is 0 Å². The Kier molecular flexibility index (Phi) is 5.76. The van der Waals surface area contributed by atoms with Crippen LogP contribution in [0, 0.1) is 5.82 Å². The van der Waals surface area contributed by atoms with E-state index in [0.717, 1.165) is 24.3 Å². The van der Waals surface area contributed by atoms with Gasteiger partial charge in [0, 0.05) is 6.42 Å². The minimum atomic E-state index is -5.10. The highest BCUT2D eigenvalue weighted by Gasteiger charge is 2.41. The summed E-state index contributed by atoms with van der Waals surface area (Å²) in [5, 5.41) is 13.9. The Morgan fingerprint density at radius 2 is 1.78 bits per heavy atom. The second-order valence-electron chi connectivity index (χ2n) is 5.28. The van der Waals surface area contributed by atoms with Gasteiger partial charge < -0.3 is 10.4 Å². The van der Waals surface area contributed by atoms with Crippen molar-refractivity contribution in [2.45, 2.75) is 25.1 Å². The number of aromatic nitrogens is 2. The first-order valence-electron chi connectivity index (χ1n) is 7.23. The predicted molar refractivity (Wildman–Crippen MR) is 78.0 cm³/mol. The van der Waals surface area contributed by atoms with E-state index in [1.54, 1.807) is 5.32 Å². The Bertz CT molecular complexity index is 832. The average molecular weight is 395 g/mol. The van der Waals surface area contributed by atoms with E-state index in [1.165, 1.54) is 0 Å². The van der Waals surface area contributed by atoms with Crippen LogP contribution in [0.3, 0.4) is 0 Å². The number of nitrogens with zero attached hydrogens (tertiary/aromatic N) is 2. The fourth-order valence-electron chi connectivity index (χ4n) is 2.20. The number of carbonyl (C=O) groups is 2. The molecule has 0 fully saturated rings. The zero-order valence-electron chi connectivity index (χ0n) is 13.2. The third kappa shape index (κ3) is 4.77. The van der Waals surface area contributed by atoms with E-state index >= 15 is 0 Å². The zero-order chi connectivity index (χ0) is 20.4. The normalized spacial score (nSPS) is 12.9. The number of benzene rings is 1. The molecule has 0 spiro atoms. The Morgan fingerprint density at radius 3 is 2.26 bits per heavy atom. The van der Waals surface area contributed by atoms with Crippen LogP contribution in [-0.2, 0) is 11.0 Å². The van der Waals surface area contributed by atoms with E-state index in [2.05, 4.69) is 5.10 Å². The van der Waals surface area contributed by atoms with E-state index in [9.17, 15) is 35.9 Å². The summed E-state index contributed by atoms with van der Waals surface area (Å²) < 4.78 is 78.3. The number of carboxylic acid groups (broad SMARTS) is 1. The maximum Gasteiger partial charge on any atom is 0.434 e. The van der Waals surface area contributed by atoms with Gasteiger partial charge in [-0.15, -0.1) is 0 Å². The first-order chi connectivity index (χ1) is 12.5. The number of hydrogen-bond acceptors (Lipinski definition) is 3. The monoisotopic (exact) mass is 395 g/mol. The minimum Gasteiger partial charge on any atom is -0.480 e. The number of amides is 1. The molecule has 1 amide bonds. The van der Waals surface area contributed by atoms with Crippen molar-refractivity contribution in [1.29, 1.82) is 0 Å². The summed E-state index contributed by atoms with van der Waals surface area (Å²) in [4.78, 5) is 23.0. The van der Waals surface area contributed by atoms with Gasteiger partial charge in [-0.2, -0.15) is 18.3 Å². The molecule has 1 aromatic carbocycles. The van der Waals surface area contributed by atoms with Crippen LogP contribution < -0.4 is 5.32 Å². The molecule has 1 unspecified atom stereocenters. The van der Waals surface area contributed by atoms with Crippen molar-refractivity contribution in [2.75, 3.05) is 0 Å². The van der Waals surface area contributed by atoms with Crippen molar-refractivity contribution < 1.29 is 41.0 Å². The van der Waals surface area contributed by atoms with Gasteiger partial charge in [0.15, 0.2) is 5.69 Å². The van der Waals surface area contributed by atoms with Gasteiger partial charge in [-0.1, -0.05) is 0 Å². The highest BCUT2D eigenvalue weighted by Crippen LogP contribution is 2.33. The van der Waals surface area contributed by atoms with Crippen molar-refractivity contribution >= 4 is 11.9 Å². The molecule has 27 heavy (non-hydrogen) atoms. The molecule has 0 aliphatic heterocycles. The van der Waals surface area contributed by atoms with Crippen LogP contribution in [0.2, 0.25) is 0 Å². The quantitative estimate of drug-likeness (QED) is 0.737. The summed E-state index contributed by atoms with van der Waals surface area (Å²) in [6, 6.07) is 1.62. The second-order valence-corrected chi connectivity index (χ2v) is 5.28. The molecule has 2 rings (SSSR count). The Labute approximate surface area is 147 Å². The Morgan fingerprint density at radius 1 is 1.19 bits per heavy atom. The van der Waals surface area contributed by atoms with Crippen LogP contribution in [0.25, 0.3) is 5.69 Å². The topological polar surface area (TPSA) is 84.2 Å². The average Bonchev–Trinajstić information content (AvgIpc) is 2.99. The molecule has 6 nitrogen and oxygen atoms in total. The first kappa shape index (κ1) is 20.3. The molecule has 0 aliphatic rings. The van der Waals surface area contributed by atoms with Gasteiger partial charge in [0.2, 0.25) is 6.43 Å². The molecule has 0 saturated carbocycles. The minimum absolute atomic E-state index is 0.217. The number of carbonyl (C=O) groups excluding carboxylic acids is 1. The maximum atomic E-state index is 13.4. The summed E-state index contributed by atoms with van der Waals surface area (Å²) in [7, 11) is 0. The first-order valence-corrected chi connectivity index (χ1v) is 7.23. The highest BCUT2D eigenvalue weighted by atomic mass is 19.4. The predicted octanol–water partition coefficient (Wildman–Crippen LogP) is 2.87. The molecule has 0 bridgehead atoms. The third-order valence-corrected chi connectivity index (χ3v) is 3.37. The SMILES string of the molecule is O=C(NC(CC(F)F)C(=O)O)c1cnn(-c2ccc(F)cc2)c1C(F)(F)F. The highest BCUT2D eigenvalue weighted by molar-refractivity contribution is 5.97. The maximum absolute atomic E-state index is 13.4. The van der Waals surface area contributed by atoms with E-state index in [0.29, 0.717) is 10.9 Å². The van der Waals surface area contributed by atoms with Crippen molar-refractivity contribution in [2.24, 2.45) is 0 Å². The molecular weight excluding hydrogens is 384 g/mol. The zero-order valence-corrected chi connectivity index (χ0v) is 13.2. The molecule has 1 heterocycles. The molecule has 2 N–H and O–H groups in total. The van der Waals surface area contributed by atoms with E-state index < -0.39 is 54.0 Å². The largest absolute Gasteiger partial charge is 0.480 e. The standard InChI is InChI=1S/C15H11F6N3O3/c16-7-1-3-8(4-2-7)24-12(15(19,20)21)9(6-22-24)13(25)23-10(14(26)27)5-11(17)18/h1-4,6,10-11H,5H2,(H,23,25)(H,26,27). The summed E-state index contributed by atoms with van der Waals surface area (Å²) in [6.07, 6.45) is -8.97. The molecule has 2 aromatic rings. The lowest BCUT2D eigenvalue weighted by Gasteiger charge is -2.16. The lowest BCUT2D eigenvalue weighted by Crippen LogP contribution is -2.42. The summed E-state index contributed by atoms with van der Waals surface area (Å²) in [5.41, 5.74) is -2.84. The fraction of sp³-hybridized carbons (Fsp3) is 0.267. The molecule has 146 valence electrons. The summed E-state index contributed by atoms with van der Waals surface area (Å²) >= 11 is 0. The summed E-state index contributed by atoms with van der Waals surface area (Å²) in [5.74, 6) is -4.08. The van der Waals surface area contributed by atoms with Gasteiger partial charge in [-0.3, -0.25) is 4.79 Å². The molecule has 1 atom stereocenters. The second kappa shape index (κ2) is 7.68. The molecule has 0 aliphatic carbocycles. The van der Waals surface area contributed by atoms with Crippen LogP contribution in [0.15, 0.2) is 30.5 Å². The van der Waals surface area contributed by atoms with Crippen molar-refractivity contribution in [3.8, 4) is 5.69 Å². The third-order valence-electron chi connectivity index (χ3n) is 3.37. The smallest absolute Gasteiger partial charge is 0.434 e. The number of aliphatic carboxylic acids is 1. The van der Waals surface area contributed by atoms with Gasteiger partial charge in [0.25, 0.3) is 5.91 Å². The van der Waals surface area contributed by atoms with Crippen molar-refractivity contribution in [3.63, 3.8) is 0 Å². The van der Waals surface area contributed by atoms with E-state index in [-0.39, 0.29) is 5.69 Å². The fourth-order valence-corrected chi connectivity index (χ4v) is 2.20. The van der Waals surface area contributed by atoms with Gasteiger partial charge >= 0.3 is 12.1 Å². The van der Waals surface area contributed by atoms with Crippen LogP contribution in [0.1, 0.15) is 22.5 Å². The van der Waals surface area contributed by atoms with Crippen molar-refractivity contribution in [1.82, 2.24) is 15.1 Å². The molecule has 0 saturated heterocycles. The number of alkyl halides is 5. The number of hydrogen-bond donors (Lipinski definition) is 2. The lowest BCUT2D eigenvalue weighted by atomic mass is 10.1. The van der Waals surface area contributed by atoms with Crippen molar-refractivity contribution in [3.05, 3.63) is 47.5 Å². The van der Waals surface area contributed by atoms with E-state index in [1.807, 2.05) is 0 Å². The van der Waals surface area contributed by atoms with Crippen LogP contribution in [-0.4, -0.2) is 39.2 Å². The number of nitrogens with one attached hydrogen (secondary N) is 1. The number of rotatable bonds is 6. The Balaban J connectivity index is 2.43. The van der Waals surface area contributed by atoms with Gasteiger partial charge in [0.05, 0.1) is 17.4 Å². The number of carboxylic acids is 1. The molecule has 0 radical (unpaired) electrons. The summed E-state index contributed by atoms with van der Waals surface area (Å²) in [6.45, 7) is 0. The van der Waals surface area contributed by atoms with Gasteiger partial charge in [0.1, 0.15) is 11.9 Å². The van der Waals surface area contributed by atoms with Crippen LogP contribution in [0.5, 0.6) is 0 Å². The van der Waals surface area contributed by atoms with Gasteiger partial charge in [-0.25, -0.2) is 22.6 Å². The number of halogens is 6. The molecular formula is C15H11F6N3O3. The Hall–Kier alpha value is -3.05. The molecule has 1 aromatic heterocycles. The lowest BCUT2D eigenvalue weighted by molar-refractivity contribution is -0.143.